The van der Waals surface area contributed by atoms with E-state index in [2.05, 4.69) is 49.2 Å². The van der Waals surface area contributed by atoms with E-state index in [4.69, 9.17) is 0 Å². The summed E-state index contributed by atoms with van der Waals surface area (Å²) in [4.78, 5) is 2.42. The summed E-state index contributed by atoms with van der Waals surface area (Å²) in [6, 6.07) is 13.0. The number of hydrogen-bond donors (Lipinski definition) is 1. The Morgan fingerprint density at radius 3 is 2.48 bits per heavy atom. The minimum Gasteiger partial charge on any atom is -0.300 e. The molecule has 0 aromatic heterocycles. The first-order valence-electron chi connectivity index (χ1n) is 8.06. The van der Waals surface area contributed by atoms with Gasteiger partial charge in [0.25, 0.3) is 0 Å². The third-order valence-electron chi connectivity index (χ3n) is 4.11. The van der Waals surface area contributed by atoms with Crippen LogP contribution in [0.5, 0.6) is 0 Å². The Bertz CT molecular complexity index is 473. The van der Waals surface area contributed by atoms with Gasteiger partial charge in [0, 0.05) is 19.1 Å². The molecule has 0 saturated heterocycles. The zero-order valence-corrected chi connectivity index (χ0v) is 13.5. The molecule has 21 heavy (non-hydrogen) atoms. The van der Waals surface area contributed by atoms with Gasteiger partial charge >= 0.3 is 0 Å². The lowest BCUT2D eigenvalue weighted by Crippen LogP contribution is -2.52. The quantitative estimate of drug-likeness (QED) is 0.797. The summed E-state index contributed by atoms with van der Waals surface area (Å²) in [5, 5.41) is 13.4. The molecule has 0 bridgehead atoms. The van der Waals surface area contributed by atoms with Crippen LogP contribution in [0.3, 0.4) is 0 Å². The summed E-state index contributed by atoms with van der Waals surface area (Å²) in [7, 11) is 0. The Hall–Kier alpha value is -1.37. The highest BCUT2D eigenvalue weighted by Crippen LogP contribution is 2.31. The number of nitrogens with one attached hydrogen (secondary N) is 1. The average molecular weight is 285 g/mol. The van der Waals surface area contributed by atoms with Gasteiger partial charge in [-0.15, -0.1) is 0 Å². The molecule has 0 spiro atoms. The fourth-order valence-corrected chi connectivity index (χ4v) is 2.87. The number of rotatable bonds is 8. The minimum atomic E-state index is -0.625. The van der Waals surface area contributed by atoms with Crippen molar-refractivity contribution < 1.29 is 0 Å². The molecule has 1 aliphatic carbocycles. The van der Waals surface area contributed by atoms with Crippen LogP contribution in [0.25, 0.3) is 0 Å². The van der Waals surface area contributed by atoms with Gasteiger partial charge in [-0.25, -0.2) is 0 Å². The van der Waals surface area contributed by atoms with Gasteiger partial charge in [0.05, 0.1) is 6.07 Å². The van der Waals surface area contributed by atoms with E-state index in [-0.39, 0.29) is 6.04 Å². The van der Waals surface area contributed by atoms with Crippen LogP contribution in [-0.4, -0.2) is 30.6 Å². The van der Waals surface area contributed by atoms with Crippen molar-refractivity contribution in [3.8, 4) is 6.07 Å². The summed E-state index contributed by atoms with van der Waals surface area (Å²) in [6.45, 7) is 9.25. The van der Waals surface area contributed by atoms with Crippen molar-refractivity contribution in [2.75, 3.05) is 19.6 Å². The highest BCUT2D eigenvalue weighted by Gasteiger charge is 2.36. The fraction of sp³-hybridized carbons (Fsp3) is 0.611. The maximum absolute atomic E-state index is 9.93. The first-order valence-corrected chi connectivity index (χ1v) is 8.06. The number of likely N-dealkylation sites (N-methyl/N-ethyl adjacent to an activating group) is 1. The van der Waals surface area contributed by atoms with E-state index < -0.39 is 5.54 Å². The van der Waals surface area contributed by atoms with Crippen molar-refractivity contribution >= 4 is 0 Å². The van der Waals surface area contributed by atoms with E-state index in [1.165, 1.54) is 12.8 Å². The van der Waals surface area contributed by atoms with Crippen LogP contribution in [0.2, 0.25) is 0 Å². The summed E-state index contributed by atoms with van der Waals surface area (Å²) in [6.07, 6.45) is 2.69. The Kier molecular flexibility index (Phi) is 5.39. The Balaban J connectivity index is 2.23. The van der Waals surface area contributed by atoms with Crippen LogP contribution in [0.4, 0.5) is 0 Å². The molecular formula is C18H27N3. The first kappa shape index (κ1) is 16.0. The predicted molar refractivity (Wildman–Crippen MR) is 86.8 cm³/mol. The molecule has 1 saturated carbocycles. The number of benzene rings is 1. The number of hydrogen-bond acceptors (Lipinski definition) is 3. The van der Waals surface area contributed by atoms with Crippen LogP contribution in [0, 0.1) is 17.2 Å². The van der Waals surface area contributed by atoms with E-state index in [1.54, 1.807) is 0 Å². The third-order valence-corrected chi connectivity index (χ3v) is 4.11. The van der Waals surface area contributed by atoms with Crippen molar-refractivity contribution in [1.29, 1.82) is 5.26 Å². The summed E-state index contributed by atoms with van der Waals surface area (Å²) < 4.78 is 0. The van der Waals surface area contributed by atoms with E-state index in [9.17, 15) is 5.26 Å². The second-order valence-corrected chi connectivity index (χ2v) is 6.45. The van der Waals surface area contributed by atoms with Gasteiger partial charge in [0.1, 0.15) is 5.54 Å². The lowest BCUT2D eigenvalue weighted by Gasteiger charge is -2.35. The fourth-order valence-electron chi connectivity index (χ4n) is 2.87. The van der Waals surface area contributed by atoms with Gasteiger partial charge < -0.3 is 4.90 Å². The molecule has 1 atom stereocenters. The van der Waals surface area contributed by atoms with Crippen molar-refractivity contribution in [2.24, 2.45) is 5.92 Å². The maximum atomic E-state index is 9.93. The summed E-state index contributed by atoms with van der Waals surface area (Å²) >= 11 is 0. The summed E-state index contributed by atoms with van der Waals surface area (Å²) in [5.41, 5.74) is 0.441. The molecule has 1 fully saturated rings. The van der Waals surface area contributed by atoms with Gasteiger partial charge in [-0.2, -0.15) is 5.26 Å². The predicted octanol–water partition coefficient (Wildman–Crippen LogP) is 3.14. The lowest BCUT2D eigenvalue weighted by atomic mass is 9.89. The van der Waals surface area contributed by atoms with E-state index in [0.29, 0.717) is 0 Å². The molecule has 0 heterocycles. The molecule has 3 nitrogen and oxygen atoms in total. The molecule has 0 radical (unpaired) electrons. The Morgan fingerprint density at radius 2 is 2.00 bits per heavy atom. The Morgan fingerprint density at radius 1 is 1.33 bits per heavy atom. The molecule has 2 rings (SSSR count). The molecular weight excluding hydrogens is 258 g/mol. The molecule has 114 valence electrons. The van der Waals surface area contributed by atoms with Gasteiger partial charge in [0.2, 0.25) is 0 Å². The third kappa shape index (κ3) is 4.30. The SMILES string of the molecule is CCN(CC1CC1)CC(C#N)(NC(C)C)c1ccccc1. The van der Waals surface area contributed by atoms with Crippen LogP contribution >= 0.6 is 0 Å². The van der Waals surface area contributed by atoms with Crippen molar-refractivity contribution in [3.05, 3.63) is 35.9 Å². The van der Waals surface area contributed by atoms with Gasteiger partial charge in [-0.1, -0.05) is 37.3 Å². The van der Waals surface area contributed by atoms with Crippen LogP contribution in [0.15, 0.2) is 30.3 Å². The maximum Gasteiger partial charge on any atom is 0.145 e. The van der Waals surface area contributed by atoms with Gasteiger partial charge in [0.15, 0.2) is 0 Å². The molecule has 1 N–H and O–H groups in total. The molecule has 1 aliphatic rings. The number of nitrogens with zero attached hydrogens (tertiary/aromatic N) is 2. The molecule has 1 aromatic rings. The molecule has 0 aliphatic heterocycles. The molecule has 1 aromatic carbocycles. The van der Waals surface area contributed by atoms with Crippen LogP contribution in [0.1, 0.15) is 39.2 Å². The monoisotopic (exact) mass is 285 g/mol. The largest absolute Gasteiger partial charge is 0.300 e. The normalized spacial score (nSPS) is 17.7. The second kappa shape index (κ2) is 7.06. The standard InChI is InChI=1S/C18H27N3/c1-4-21(12-16-10-11-16)14-18(13-19,20-15(2)3)17-8-6-5-7-9-17/h5-9,15-16,20H,4,10-12,14H2,1-3H3. The van der Waals surface area contributed by atoms with Crippen molar-refractivity contribution in [1.82, 2.24) is 10.2 Å². The number of nitriles is 1. The van der Waals surface area contributed by atoms with Crippen molar-refractivity contribution in [3.63, 3.8) is 0 Å². The van der Waals surface area contributed by atoms with Crippen LogP contribution < -0.4 is 5.32 Å². The van der Waals surface area contributed by atoms with E-state index in [1.807, 2.05) is 18.2 Å². The summed E-state index contributed by atoms with van der Waals surface area (Å²) in [5.74, 6) is 0.844. The molecule has 0 amide bonds. The first-order chi connectivity index (χ1) is 10.1. The second-order valence-electron chi connectivity index (χ2n) is 6.45. The highest BCUT2D eigenvalue weighted by molar-refractivity contribution is 5.32. The topological polar surface area (TPSA) is 39.1 Å². The lowest BCUT2D eigenvalue weighted by molar-refractivity contribution is 0.205. The molecule has 1 unspecified atom stereocenters. The minimum absolute atomic E-state index is 0.268. The van der Waals surface area contributed by atoms with Gasteiger partial charge in [-0.3, -0.25) is 5.32 Å². The smallest absolute Gasteiger partial charge is 0.145 e. The van der Waals surface area contributed by atoms with Crippen molar-refractivity contribution in [2.45, 2.75) is 45.2 Å². The van der Waals surface area contributed by atoms with E-state index >= 15 is 0 Å². The zero-order valence-electron chi connectivity index (χ0n) is 13.5. The zero-order chi connectivity index (χ0) is 15.3. The van der Waals surface area contributed by atoms with Gasteiger partial charge in [-0.05, 0) is 44.7 Å². The van der Waals surface area contributed by atoms with Crippen LogP contribution in [-0.2, 0) is 5.54 Å². The Labute approximate surface area is 129 Å². The molecule has 3 heteroatoms. The van der Waals surface area contributed by atoms with E-state index in [0.717, 1.165) is 31.1 Å². The average Bonchev–Trinajstić information content (AvgIpc) is 3.30. The highest BCUT2D eigenvalue weighted by atomic mass is 15.2.